The molecule has 0 radical (unpaired) electrons. The fourth-order valence-electron chi connectivity index (χ4n) is 0.937. The van der Waals surface area contributed by atoms with Crippen LogP contribution in [0.25, 0.3) is 0 Å². The van der Waals surface area contributed by atoms with E-state index in [0.717, 1.165) is 18.2 Å². The lowest BCUT2D eigenvalue weighted by Gasteiger charge is -2.16. The van der Waals surface area contributed by atoms with Gasteiger partial charge in [0.15, 0.2) is 11.6 Å². The molecule has 0 aromatic heterocycles. The van der Waals surface area contributed by atoms with E-state index in [1.807, 2.05) is 0 Å². The Morgan fingerprint density at radius 2 is 1.67 bits per heavy atom. The van der Waals surface area contributed by atoms with Crippen molar-refractivity contribution in [1.82, 2.24) is 0 Å². The third kappa shape index (κ3) is 3.04. The van der Waals surface area contributed by atoms with Crippen LogP contribution in [0.3, 0.4) is 0 Å². The van der Waals surface area contributed by atoms with E-state index in [4.69, 9.17) is 5.73 Å². The van der Waals surface area contributed by atoms with Crippen LogP contribution < -0.4 is 5.73 Å². The molecule has 0 amide bonds. The van der Waals surface area contributed by atoms with Gasteiger partial charge in [-0.15, -0.1) is 12.4 Å². The average molecular weight is 248 g/mol. The first kappa shape index (κ1) is 14.1. The van der Waals surface area contributed by atoms with E-state index < -0.39 is 29.4 Å². The molecule has 7 heteroatoms. The summed E-state index contributed by atoms with van der Waals surface area (Å²) in [4.78, 5) is 0. The minimum atomic E-state index is -4.78. The maximum atomic E-state index is 12.8. The van der Waals surface area contributed by atoms with Gasteiger partial charge in [0.2, 0.25) is 0 Å². The quantitative estimate of drug-likeness (QED) is 0.759. The summed E-state index contributed by atoms with van der Waals surface area (Å²) in [5, 5.41) is 0. The Hall–Kier alpha value is -0.880. The van der Waals surface area contributed by atoms with Gasteiger partial charge >= 0.3 is 6.18 Å². The molecule has 0 saturated heterocycles. The van der Waals surface area contributed by atoms with Crippen molar-refractivity contribution in [2.45, 2.75) is 12.2 Å². The Labute approximate surface area is 88.5 Å². The van der Waals surface area contributed by atoms with E-state index in [1.165, 1.54) is 0 Å². The molecule has 15 heavy (non-hydrogen) atoms. The Kier molecular flexibility index (Phi) is 4.48. The molecule has 86 valence electrons. The number of hydrogen-bond acceptors (Lipinski definition) is 1. The van der Waals surface area contributed by atoms with Gasteiger partial charge in [-0.2, -0.15) is 13.2 Å². The van der Waals surface area contributed by atoms with Crippen molar-refractivity contribution < 1.29 is 22.0 Å². The van der Waals surface area contributed by atoms with Gasteiger partial charge in [-0.3, -0.25) is 0 Å². The van der Waals surface area contributed by atoms with Crippen LogP contribution in [-0.2, 0) is 0 Å². The SMILES string of the molecule is Cl.N[C@H](c1cccc(F)c1F)C(F)(F)F. The second-order valence-electron chi connectivity index (χ2n) is 2.66. The van der Waals surface area contributed by atoms with Gasteiger partial charge in [-0.05, 0) is 6.07 Å². The van der Waals surface area contributed by atoms with Crippen molar-refractivity contribution in [2.75, 3.05) is 0 Å². The fraction of sp³-hybridized carbons (Fsp3) is 0.250. The van der Waals surface area contributed by atoms with Crippen molar-refractivity contribution in [1.29, 1.82) is 0 Å². The molecule has 0 heterocycles. The first-order valence-electron chi connectivity index (χ1n) is 3.60. The van der Waals surface area contributed by atoms with E-state index in [-0.39, 0.29) is 12.4 Å². The lowest BCUT2D eigenvalue weighted by molar-refractivity contribution is -0.149. The molecule has 0 fully saturated rings. The molecule has 1 aromatic carbocycles. The zero-order valence-corrected chi connectivity index (χ0v) is 8.00. The monoisotopic (exact) mass is 247 g/mol. The Balaban J connectivity index is 0.00000196. The second-order valence-corrected chi connectivity index (χ2v) is 2.66. The molecule has 0 bridgehead atoms. The smallest absolute Gasteiger partial charge is 0.316 e. The summed E-state index contributed by atoms with van der Waals surface area (Å²) in [5.74, 6) is -2.90. The molecule has 0 aliphatic rings. The molecule has 0 spiro atoms. The van der Waals surface area contributed by atoms with E-state index in [1.54, 1.807) is 0 Å². The van der Waals surface area contributed by atoms with Gasteiger partial charge in [-0.1, -0.05) is 12.1 Å². The zero-order valence-electron chi connectivity index (χ0n) is 7.18. The molecule has 0 aliphatic carbocycles. The van der Waals surface area contributed by atoms with Crippen molar-refractivity contribution in [3.8, 4) is 0 Å². The third-order valence-electron chi connectivity index (χ3n) is 1.67. The van der Waals surface area contributed by atoms with Crippen molar-refractivity contribution >= 4 is 12.4 Å². The van der Waals surface area contributed by atoms with E-state index in [0.29, 0.717) is 0 Å². The van der Waals surface area contributed by atoms with Crippen molar-refractivity contribution in [3.63, 3.8) is 0 Å². The molecule has 2 N–H and O–H groups in total. The number of hydrogen-bond donors (Lipinski definition) is 1. The Bertz CT molecular complexity index is 338. The summed E-state index contributed by atoms with van der Waals surface area (Å²) in [7, 11) is 0. The molecule has 0 unspecified atom stereocenters. The fourth-order valence-corrected chi connectivity index (χ4v) is 0.937. The first-order valence-corrected chi connectivity index (χ1v) is 3.60. The number of rotatable bonds is 1. The molecule has 0 aliphatic heterocycles. The Morgan fingerprint density at radius 3 is 2.13 bits per heavy atom. The standard InChI is InChI=1S/C8H6F5N.ClH/c9-5-3-1-2-4(6(5)10)7(14)8(11,12)13;/h1-3,7H,14H2;1H/t7-;/m1./s1. The third-order valence-corrected chi connectivity index (χ3v) is 1.67. The first-order chi connectivity index (χ1) is 6.34. The van der Waals surface area contributed by atoms with Crippen LogP contribution >= 0.6 is 12.4 Å². The van der Waals surface area contributed by atoms with Crippen LogP contribution in [-0.4, -0.2) is 6.18 Å². The average Bonchev–Trinajstić information content (AvgIpc) is 2.07. The number of halogens is 6. The Morgan fingerprint density at radius 1 is 1.13 bits per heavy atom. The van der Waals surface area contributed by atoms with E-state index in [9.17, 15) is 22.0 Å². The van der Waals surface area contributed by atoms with Crippen LogP contribution in [0.5, 0.6) is 0 Å². The van der Waals surface area contributed by atoms with Crippen molar-refractivity contribution in [3.05, 3.63) is 35.4 Å². The highest BCUT2D eigenvalue weighted by Crippen LogP contribution is 2.32. The van der Waals surface area contributed by atoms with E-state index >= 15 is 0 Å². The van der Waals surface area contributed by atoms with Gasteiger partial charge in [0.1, 0.15) is 6.04 Å². The molecule has 1 rings (SSSR count). The highest BCUT2D eigenvalue weighted by molar-refractivity contribution is 5.85. The van der Waals surface area contributed by atoms with Crippen LogP contribution in [0.2, 0.25) is 0 Å². The predicted octanol–water partition coefficient (Wildman–Crippen LogP) is 2.95. The normalized spacial score (nSPS) is 13.2. The zero-order chi connectivity index (χ0) is 10.9. The number of nitrogens with two attached hydrogens (primary N) is 1. The van der Waals surface area contributed by atoms with Crippen LogP contribution in [0.4, 0.5) is 22.0 Å². The molecule has 0 saturated carbocycles. The van der Waals surface area contributed by atoms with Gasteiger partial charge < -0.3 is 5.73 Å². The van der Waals surface area contributed by atoms with Crippen molar-refractivity contribution in [2.24, 2.45) is 5.73 Å². The molecular weight excluding hydrogens is 241 g/mol. The summed E-state index contributed by atoms with van der Waals surface area (Å²) in [6.07, 6.45) is -4.78. The lowest BCUT2D eigenvalue weighted by Crippen LogP contribution is -2.29. The maximum Gasteiger partial charge on any atom is 0.407 e. The predicted molar refractivity (Wildman–Crippen MR) is 46.6 cm³/mol. The lowest BCUT2D eigenvalue weighted by atomic mass is 10.1. The molecule has 1 atom stereocenters. The minimum absolute atomic E-state index is 0. The summed E-state index contributed by atoms with van der Waals surface area (Å²) in [6, 6.07) is -0.00381. The highest BCUT2D eigenvalue weighted by Gasteiger charge is 2.39. The van der Waals surface area contributed by atoms with Crippen LogP contribution in [0.1, 0.15) is 11.6 Å². The summed E-state index contributed by atoms with van der Waals surface area (Å²) >= 11 is 0. The topological polar surface area (TPSA) is 26.0 Å². The van der Waals surface area contributed by atoms with Gasteiger partial charge in [0, 0.05) is 5.56 Å². The number of alkyl halides is 3. The van der Waals surface area contributed by atoms with Crippen LogP contribution in [0.15, 0.2) is 18.2 Å². The largest absolute Gasteiger partial charge is 0.407 e. The summed E-state index contributed by atoms with van der Waals surface area (Å²) in [5.41, 5.74) is 3.82. The van der Waals surface area contributed by atoms with Crippen LogP contribution in [0, 0.1) is 11.6 Å². The van der Waals surface area contributed by atoms with E-state index in [2.05, 4.69) is 0 Å². The number of benzene rings is 1. The molecule has 1 aromatic rings. The highest BCUT2D eigenvalue weighted by atomic mass is 35.5. The summed E-state index contributed by atoms with van der Waals surface area (Å²) in [6.45, 7) is 0. The van der Waals surface area contributed by atoms with Gasteiger partial charge in [-0.25, -0.2) is 8.78 Å². The van der Waals surface area contributed by atoms with Gasteiger partial charge in [0.25, 0.3) is 0 Å². The molecular formula is C8H7ClF5N. The maximum absolute atomic E-state index is 12.8. The summed E-state index contributed by atoms with van der Waals surface area (Å²) < 4.78 is 61.5. The molecule has 1 nitrogen and oxygen atoms in total. The minimum Gasteiger partial charge on any atom is -0.316 e. The second kappa shape index (κ2) is 4.76. The van der Waals surface area contributed by atoms with Gasteiger partial charge in [0.05, 0.1) is 0 Å².